The Labute approximate surface area is 70.2 Å². The number of rotatable bonds is 2. The van der Waals surface area contributed by atoms with Gasteiger partial charge in [-0.2, -0.15) is 10.5 Å². The highest BCUT2D eigenvalue weighted by molar-refractivity contribution is 5.30. The number of nitrogens with zero attached hydrogens (tertiary/aromatic N) is 2. The molecule has 0 aromatic carbocycles. The Morgan fingerprint density at radius 1 is 1.58 bits per heavy atom. The summed E-state index contributed by atoms with van der Waals surface area (Å²) in [5, 5.41) is 16.8. The second-order valence-corrected chi connectivity index (χ2v) is 2.42. The SMILES string of the molecule is N#CC[C@H](N)c1cc(C#N)c[nH]1. The normalized spacial score (nSPS) is 11.6. The fourth-order valence-corrected chi connectivity index (χ4v) is 0.899. The maximum Gasteiger partial charge on any atom is 0.101 e. The topological polar surface area (TPSA) is 89.4 Å². The molecule has 0 saturated heterocycles. The molecule has 12 heavy (non-hydrogen) atoms. The molecule has 60 valence electrons. The van der Waals surface area contributed by atoms with Crippen LogP contribution in [0.2, 0.25) is 0 Å². The molecule has 0 amide bonds. The van der Waals surface area contributed by atoms with E-state index >= 15 is 0 Å². The highest BCUT2D eigenvalue weighted by atomic mass is 14.8. The van der Waals surface area contributed by atoms with Crippen LogP contribution < -0.4 is 5.73 Å². The summed E-state index contributed by atoms with van der Waals surface area (Å²) in [7, 11) is 0. The molecule has 0 aliphatic heterocycles. The Morgan fingerprint density at radius 3 is 2.83 bits per heavy atom. The number of nitriles is 2. The van der Waals surface area contributed by atoms with Gasteiger partial charge in [0.25, 0.3) is 0 Å². The third kappa shape index (κ3) is 1.63. The lowest BCUT2D eigenvalue weighted by molar-refractivity contribution is 0.726. The molecular weight excluding hydrogens is 152 g/mol. The van der Waals surface area contributed by atoms with Crippen LogP contribution in [0, 0.1) is 22.7 Å². The minimum atomic E-state index is -0.322. The molecule has 0 aliphatic rings. The van der Waals surface area contributed by atoms with Crippen molar-refractivity contribution >= 4 is 0 Å². The van der Waals surface area contributed by atoms with Gasteiger partial charge >= 0.3 is 0 Å². The molecule has 0 radical (unpaired) electrons. The molecular formula is C8H8N4. The van der Waals surface area contributed by atoms with E-state index < -0.39 is 0 Å². The van der Waals surface area contributed by atoms with Crippen LogP contribution in [0.15, 0.2) is 12.3 Å². The molecule has 1 atom stereocenters. The van der Waals surface area contributed by atoms with E-state index in [0.717, 1.165) is 5.69 Å². The molecule has 0 bridgehead atoms. The van der Waals surface area contributed by atoms with Gasteiger partial charge in [-0.05, 0) is 6.07 Å². The van der Waals surface area contributed by atoms with Gasteiger partial charge in [0, 0.05) is 11.9 Å². The van der Waals surface area contributed by atoms with Gasteiger partial charge in [-0.25, -0.2) is 0 Å². The number of hydrogen-bond acceptors (Lipinski definition) is 3. The van der Waals surface area contributed by atoms with Crippen molar-refractivity contribution in [3.63, 3.8) is 0 Å². The van der Waals surface area contributed by atoms with Crippen LogP contribution in [-0.2, 0) is 0 Å². The lowest BCUT2D eigenvalue weighted by atomic mass is 10.1. The summed E-state index contributed by atoms with van der Waals surface area (Å²) >= 11 is 0. The summed E-state index contributed by atoms with van der Waals surface area (Å²) in [6, 6.07) is 5.27. The lowest BCUT2D eigenvalue weighted by Crippen LogP contribution is -2.09. The first-order chi connectivity index (χ1) is 5.77. The standard InChI is InChI=1S/C8H8N4/c9-2-1-7(11)8-3-6(4-10)5-12-8/h3,5,7,12H,1,11H2/t7-/m0/s1. The van der Waals surface area contributed by atoms with Crippen molar-refractivity contribution in [2.45, 2.75) is 12.5 Å². The zero-order valence-corrected chi connectivity index (χ0v) is 6.41. The average Bonchev–Trinajstić information content (AvgIpc) is 2.52. The van der Waals surface area contributed by atoms with Crippen molar-refractivity contribution in [2.24, 2.45) is 5.73 Å². The Kier molecular flexibility index (Phi) is 2.47. The maximum atomic E-state index is 8.49. The Hall–Kier alpha value is -1.78. The predicted octanol–water partition coefficient (Wildman–Crippen LogP) is 0.800. The number of nitrogens with two attached hydrogens (primary N) is 1. The van der Waals surface area contributed by atoms with Gasteiger partial charge in [-0.3, -0.25) is 0 Å². The van der Waals surface area contributed by atoms with E-state index in [1.54, 1.807) is 12.3 Å². The van der Waals surface area contributed by atoms with Crippen LogP contribution in [0.25, 0.3) is 0 Å². The van der Waals surface area contributed by atoms with Crippen molar-refractivity contribution in [3.8, 4) is 12.1 Å². The molecule has 0 saturated carbocycles. The van der Waals surface area contributed by atoms with Gasteiger partial charge in [-0.15, -0.1) is 0 Å². The van der Waals surface area contributed by atoms with Gasteiger partial charge in [0.1, 0.15) is 6.07 Å². The van der Waals surface area contributed by atoms with E-state index in [1.165, 1.54) is 0 Å². The van der Waals surface area contributed by atoms with Crippen LogP contribution in [0.3, 0.4) is 0 Å². The third-order valence-electron chi connectivity index (χ3n) is 1.55. The van der Waals surface area contributed by atoms with Crippen molar-refractivity contribution in [3.05, 3.63) is 23.5 Å². The molecule has 0 unspecified atom stereocenters. The summed E-state index contributed by atoms with van der Waals surface area (Å²) in [5.41, 5.74) is 6.88. The van der Waals surface area contributed by atoms with E-state index in [1.807, 2.05) is 12.1 Å². The van der Waals surface area contributed by atoms with E-state index in [-0.39, 0.29) is 12.5 Å². The Balaban J connectivity index is 2.77. The molecule has 4 nitrogen and oxygen atoms in total. The second-order valence-electron chi connectivity index (χ2n) is 2.42. The quantitative estimate of drug-likeness (QED) is 0.670. The highest BCUT2D eigenvalue weighted by Crippen LogP contribution is 2.12. The Bertz CT molecular complexity index is 339. The molecule has 0 aliphatic carbocycles. The van der Waals surface area contributed by atoms with Crippen LogP contribution in [-0.4, -0.2) is 4.98 Å². The van der Waals surface area contributed by atoms with E-state index in [0.29, 0.717) is 5.56 Å². The van der Waals surface area contributed by atoms with Crippen LogP contribution in [0.5, 0.6) is 0 Å². The number of H-pyrrole nitrogens is 1. The predicted molar refractivity (Wildman–Crippen MR) is 42.7 cm³/mol. The molecule has 1 heterocycles. The zero-order chi connectivity index (χ0) is 8.97. The monoisotopic (exact) mass is 160 g/mol. The third-order valence-corrected chi connectivity index (χ3v) is 1.55. The first-order valence-corrected chi connectivity index (χ1v) is 3.49. The van der Waals surface area contributed by atoms with Crippen LogP contribution in [0.1, 0.15) is 23.7 Å². The minimum Gasteiger partial charge on any atom is -0.362 e. The fourth-order valence-electron chi connectivity index (χ4n) is 0.899. The van der Waals surface area contributed by atoms with Gasteiger partial charge in [0.05, 0.1) is 24.1 Å². The maximum absolute atomic E-state index is 8.49. The molecule has 1 aromatic heterocycles. The van der Waals surface area contributed by atoms with Crippen molar-refractivity contribution in [1.82, 2.24) is 4.98 Å². The number of aromatic nitrogens is 1. The fraction of sp³-hybridized carbons (Fsp3) is 0.250. The van der Waals surface area contributed by atoms with E-state index in [4.69, 9.17) is 16.3 Å². The second kappa shape index (κ2) is 3.56. The van der Waals surface area contributed by atoms with E-state index in [2.05, 4.69) is 4.98 Å². The highest BCUT2D eigenvalue weighted by Gasteiger charge is 2.06. The summed E-state index contributed by atoms with van der Waals surface area (Å²) in [5.74, 6) is 0. The Morgan fingerprint density at radius 2 is 2.33 bits per heavy atom. The average molecular weight is 160 g/mol. The molecule has 0 fully saturated rings. The molecule has 3 N–H and O–H groups in total. The van der Waals surface area contributed by atoms with Crippen molar-refractivity contribution in [1.29, 1.82) is 10.5 Å². The number of nitrogens with one attached hydrogen (secondary N) is 1. The molecule has 1 aromatic rings. The lowest BCUT2D eigenvalue weighted by Gasteiger charge is -2.02. The first kappa shape index (κ1) is 8.32. The number of hydrogen-bond donors (Lipinski definition) is 2. The molecule has 0 spiro atoms. The number of aromatic amines is 1. The smallest absolute Gasteiger partial charge is 0.101 e. The van der Waals surface area contributed by atoms with E-state index in [9.17, 15) is 0 Å². The van der Waals surface area contributed by atoms with Gasteiger partial charge in [-0.1, -0.05) is 0 Å². The first-order valence-electron chi connectivity index (χ1n) is 3.49. The zero-order valence-electron chi connectivity index (χ0n) is 6.41. The summed E-state index contributed by atoms with van der Waals surface area (Å²) in [6.07, 6.45) is 1.83. The van der Waals surface area contributed by atoms with Gasteiger partial charge in [0.15, 0.2) is 0 Å². The van der Waals surface area contributed by atoms with Crippen molar-refractivity contribution in [2.75, 3.05) is 0 Å². The summed E-state index contributed by atoms with van der Waals surface area (Å²) in [6.45, 7) is 0. The summed E-state index contributed by atoms with van der Waals surface area (Å²) < 4.78 is 0. The van der Waals surface area contributed by atoms with Crippen LogP contribution >= 0.6 is 0 Å². The molecule has 4 heteroatoms. The largest absolute Gasteiger partial charge is 0.362 e. The van der Waals surface area contributed by atoms with Gasteiger partial charge in [0.2, 0.25) is 0 Å². The minimum absolute atomic E-state index is 0.255. The molecule has 1 rings (SSSR count). The van der Waals surface area contributed by atoms with Gasteiger partial charge < -0.3 is 10.7 Å². The van der Waals surface area contributed by atoms with Crippen molar-refractivity contribution < 1.29 is 0 Å². The van der Waals surface area contributed by atoms with Crippen LogP contribution in [0.4, 0.5) is 0 Å². The summed E-state index contributed by atoms with van der Waals surface area (Å²) in [4.78, 5) is 2.84.